The van der Waals surface area contributed by atoms with Crippen LogP contribution in [0.25, 0.3) is 0 Å². The minimum atomic E-state index is 0.663. The fourth-order valence-electron chi connectivity index (χ4n) is 4.31. The van der Waals surface area contributed by atoms with Gasteiger partial charge in [-0.05, 0) is 48.1 Å². The molecule has 32 heavy (non-hydrogen) atoms. The van der Waals surface area contributed by atoms with Crippen LogP contribution in [0.5, 0.6) is 0 Å². The Morgan fingerprint density at radius 1 is 1.03 bits per heavy atom. The molecule has 0 bridgehead atoms. The summed E-state index contributed by atoms with van der Waals surface area (Å²) in [5, 5.41) is 11.3. The fourth-order valence-corrected chi connectivity index (χ4v) is 4.31. The van der Waals surface area contributed by atoms with E-state index in [1.807, 2.05) is 30.2 Å². The number of guanidine groups is 1. The van der Waals surface area contributed by atoms with Crippen LogP contribution in [0.15, 0.2) is 78.0 Å². The maximum absolute atomic E-state index is 4.43. The summed E-state index contributed by atoms with van der Waals surface area (Å²) in [6.45, 7) is 5.95. The second-order valence-electron chi connectivity index (χ2n) is 8.47. The zero-order chi connectivity index (χ0) is 22.0. The predicted octanol–water partition coefficient (Wildman–Crippen LogP) is 3.16. The molecule has 1 aliphatic heterocycles. The Kier molecular flexibility index (Phi) is 7.93. The van der Waals surface area contributed by atoms with Gasteiger partial charge in [0.2, 0.25) is 0 Å². The molecule has 1 fully saturated rings. The average Bonchev–Trinajstić information content (AvgIpc) is 3.52. The van der Waals surface area contributed by atoms with E-state index in [4.69, 9.17) is 0 Å². The molecular formula is C26H34N6. The molecule has 0 radical (unpaired) electrons. The van der Waals surface area contributed by atoms with Crippen molar-refractivity contribution >= 4 is 5.96 Å². The molecule has 1 aliphatic rings. The normalized spacial score (nSPS) is 16.9. The summed E-state index contributed by atoms with van der Waals surface area (Å²) in [4.78, 5) is 7.01. The summed E-state index contributed by atoms with van der Waals surface area (Å²) in [6, 6.07) is 21.2. The van der Waals surface area contributed by atoms with Gasteiger partial charge >= 0.3 is 0 Å². The summed E-state index contributed by atoms with van der Waals surface area (Å²) in [6.07, 6.45) is 6.18. The third kappa shape index (κ3) is 6.44. The summed E-state index contributed by atoms with van der Waals surface area (Å²) < 4.78 is 1.95. The highest BCUT2D eigenvalue weighted by molar-refractivity contribution is 5.79. The Morgan fingerprint density at radius 2 is 1.84 bits per heavy atom. The van der Waals surface area contributed by atoms with Crippen molar-refractivity contribution in [2.45, 2.75) is 25.9 Å². The Morgan fingerprint density at radius 3 is 2.62 bits per heavy atom. The molecule has 0 saturated carbocycles. The molecule has 168 valence electrons. The number of likely N-dealkylation sites (tertiary alicyclic amines) is 1. The van der Waals surface area contributed by atoms with Crippen LogP contribution in [-0.4, -0.2) is 53.9 Å². The Bertz CT molecular complexity index is 967. The Balaban J connectivity index is 1.20. The minimum absolute atomic E-state index is 0.663. The van der Waals surface area contributed by atoms with E-state index in [0.29, 0.717) is 5.92 Å². The van der Waals surface area contributed by atoms with Crippen LogP contribution in [0, 0.1) is 5.92 Å². The van der Waals surface area contributed by atoms with E-state index in [0.717, 1.165) is 45.1 Å². The molecule has 2 N–H and O–H groups in total. The van der Waals surface area contributed by atoms with E-state index in [1.54, 1.807) is 0 Å². The van der Waals surface area contributed by atoms with Gasteiger partial charge in [0, 0.05) is 45.6 Å². The SMILES string of the molecule is CN=C(NCc1ccccc1Cn1cccn1)NCC1CCN(CCc2ccccc2)C1. The van der Waals surface area contributed by atoms with Crippen LogP contribution in [0.1, 0.15) is 23.1 Å². The van der Waals surface area contributed by atoms with E-state index in [9.17, 15) is 0 Å². The van der Waals surface area contributed by atoms with Gasteiger partial charge in [-0.25, -0.2) is 0 Å². The van der Waals surface area contributed by atoms with Crippen molar-refractivity contribution in [1.82, 2.24) is 25.3 Å². The molecule has 6 nitrogen and oxygen atoms in total. The Hall–Kier alpha value is -3.12. The van der Waals surface area contributed by atoms with Crippen molar-refractivity contribution in [1.29, 1.82) is 0 Å². The maximum atomic E-state index is 4.43. The van der Waals surface area contributed by atoms with Gasteiger partial charge in [0.25, 0.3) is 0 Å². The molecule has 2 aromatic carbocycles. The zero-order valence-electron chi connectivity index (χ0n) is 19.0. The molecule has 1 saturated heterocycles. The van der Waals surface area contributed by atoms with E-state index in [2.05, 4.69) is 80.2 Å². The topological polar surface area (TPSA) is 57.5 Å². The molecular weight excluding hydrogens is 396 g/mol. The first kappa shape index (κ1) is 22.1. The molecule has 6 heteroatoms. The Labute approximate surface area is 191 Å². The van der Waals surface area contributed by atoms with Gasteiger partial charge in [-0.2, -0.15) is 5.10 Å². The van der Waals surface area contributed by atoms with Crippen molar-refractivity contribution in [3.8, 4) is 0 Å². The van der Waals surface area contributed by atoms with Crippen molar-refractivity contribution in [3.63, 3.8) is 0 Å². The number of hydrogen-bond donors (Lipinski definition) is 2. The molecule has 0 spiro atoms. The number of aromatic nitrogens is 2. The highest BCUT2D eigenvalue weighted by Crippen LogP contribution is 2.16. The first-order valence-electron chi connectivity index (χ1n) is 11.5. The number of hydrogen-bond acceptors (Lipinski definition) is 3. The largest absolute Gasteiger partial charge is 0.356 e. The molecule has 1 atom stereocenters. The third-order valence-electron chi connectivity index (χ3n) is 6.17. The van der Waals surface area contributed by atoms with Gasteiger partial charge in [0.1, 0.15) is 0 Å². The second kappa shape index (κ2) is 11.5. The number of nitrogens with zero attached hydrogens (tertiary/aromatic N) is 4. The van der Waals surface area contributed by atoms with E-state index in [1.165, 1.54) is 29.7 Å². The summed E-state index contributed by atoms with van der Waals surface area (Å²) in [5.74, 6) is 1.53. The van der Waals surface area contributed by atoms with Crippen molar-refractivity contribution in [3.05, 3.63) is 89.7 Å². The number of aliphatic imine (C=N–C) groups is 1. The zero-order valence-corrected chi connectivity index (χ0v) is 19.0. The quantitative estimate of drug-likeness (QED) is 0.404. The van der Waals surface area contributed by atoms with Crippen LogP contribution in [0.4, 0.5) is 0 Å². The highest BCUT2D eigenvalue weighted by atomic mass is 15.3. The summed E-state index contributed by atoms with van der Waals surface area (Å²) in [5.41, 5.74) is 3.95. The van der Waals surface area contributed by atoms with Gasteiger partial charge in [-0.3, -0.25) is 9.67 Å². The van der Waals surface area contributed by atoms with Gasteiger partial charge in [0.05, 0.1) is 6.54 Å². The van der Waals surface area contributed by atoms with E-state index in [-0.39, 0.29) is 0 Å². The van der Waals surface area contributed by atoms with Crippen LogP contribution < -0.4 is 10.6 Å². The van der Waals surface area contributed by atoms with Gasteiger partial charge in [-0.15, -0.1) is 0 Å². The molecule has 1 unspecified atom stereocenters. The van der Waals surface area contributed by atoms with Crippen LogP contribution in [-0.2, 0) is 19.5 Å². The lowest BCUT2D eigenvalue weighted by molar-refractivity contribution is 0.328. The van der Waals surface area contributed by atoms with Gasteiger partial charge in [-0.1, -0.05) is 54.6 Å². The van der Waals surface area contributed by atoms with Gasteiger partial charge in [0.15, 0.2) is 5.96 Å². The average molecular weight is 431 g/mol. The summed E-state index contributed by atoms with van der Waals surface area (Å²) in [7, 11) is 1.84. The standard InChI is InChI=1S/C26H34N6/c1-27-26(29-19-24-10-5-6-11-25(24)21-32-15-7-14-30-32)28-18-23-13-17-31(20-23)16-12-22-8-3-2-4-9-22/h2-11,14-15,23H,12-13,16-21H2,1H3,(H2,27,28,29). The van der Waals surface area contributed by atoms with E-state index >= 15 is 0 Å². The van der Waals surface area contributed by atoms with Crippen LogP contribution in [0.2, 0.25) is 0 Å². The molecule has 3 aromatic rings. The summed E-state index contributed by atoms with van der Waals surface area (Å²) >= 11 is 0. The molecule has 0 aliphatic carbocycles. The first-order chi connectivity index (χ1) is 15.8. The van der Waals surface area contributed by atoms with E-state index < -0.39 is 0 Å². The predicted molar refractivity (Wildman–Crippen MR) is 131 cm³/mol. The lowest BCUT2D eigenvalue weighted by Gasteiger charge is -2.18. The lowest BCUT2D eigenvalue weighted by atomic mass is 10.1. The molecule has 4 rings (SSSR count). The molecule has 0 amide bonds. The number of rotatable bonds is 9. The van der Waals surface area contributed by atoms with Crippen LogP contribution in [0.3, 0.4) is 0 Å². The molecule has 1 aromatic heterocycles. The van der Waals surface area contributed by atoms with Crippen LogP contribution >= 0.6 is 0 Å². The highest BCUT2D eigenvalue weighted by Gasteiger charge is 2.22. The van der Waals surface area contributed by atoms with Gasteiger partial charge < -0.3 is 15.5 Å². The second-order valence-corrected chi connectivity index (χ2v) is 8.47. The lowest BCUT2D eigenvalue weighted by Crippen LogP contribution is -2.40. The maximum Gasteiger partial charge on any atom is 0.191 e. The smallest absolute Gasteiger partial charge is 0.191 e. The molecule has 2 heterocycles. The van der Waals surface area contributed by atoms with Crippen molar-refractivity contribution in [2.24, 2.45) is 10.9 Å². The van der Waals surface area contributed by atoms with Crippen molar-refractivity contribution in [2.75, 3.05) is 33.2 Å². The fraction of sp³-hybridized carbons (Fsp3) is 0.385. The van der Waals surface area contributed by atoms with Crippen molar-refractivity contribution < 1.29 is 0 Å². The monoisotopic (exact) mass is 430 g/mol. The number of benzene rings is 2. The first-order valence-corrected chi connectivity index (χ1v) is 11.5. The third-order valence-corrected chi connectivity index (χ3v) is 6.17. The minimum Gasteiger partial charge on any atom is -0.356 e. The number of nitrogens with one attached hydrogen (secondary N) is 2.